The molecule has 2 aliphatic heterocycles. The van der Waals surface area contributed by atoms with Gasteiger partial charge in [-0.15, -0.1) is 0 Å². The largest absolute Gasteiger partial charge is 0.490 e. The number of aromatic nitrogens is 1. The van der Waals surface area contributed by atoms with Gasteiger partial charge in [0.2, 0.25) is 5.88 Å². The number of carbonyl (C=O) groups excluding carboxylic acids is 3. The van der Waals surface area contributed by atoms with E-state index in [1.807, 2.05) is 18.2 Å². The summed E-state index contributed by atoms with van der Waals surface area (Å²) in [5.41, 5.74) is 7.38. The molecule has 1 aromatic carbocycles. The number of pyridine rings is 1. The second-order valence-corrected chi connectivity index (χ2v) is 8.29. The number of anilines is 2. The van der Waals surface area contributed by atoms with E-state index in [1.54, 1.807) is 4.90 Å². The smallest absolute Gasteiger partial charge is 0.313 e. The van der Waals surface area contributed by atoms with E-state index in [1.165, 1.54) is 19.4 Å². The number of piperidine rings is 1. The van der Waals surface area contributed by atoms with E-state index in [2.05, 4.69) is 22.5 Å². The number of hydrogen-bond donors (Lipinski definition) is 3. The number of amides is 3. The first-order chi connectivity index (χ1) is 15.9. The monoisotopic (exact) mass is 453 g/mol. The highest BCUT2D eigenvalue weighted by molar-refractivity contribution is 6.39. The Hall–Kier alpha value is -3.82. The first kappa shape index (κ1) is 22.4. The van der Waals surface area contributed by atoms with Crippen LogP contribution in [0.15, 0.2) is 30.5 Å². The standard InChI is InChI=1S/C23H27N5O5/c1-13-3-6-18(14-4-5-17-19(9-14)33-8-7-25-17)28(12-13)23(31)21(30)27-15-10-16(20(24)29)22(32-2)26-11-15/h4-5,9-11,13,18,25H,3,6-8,12H2,1-2H3,(H2,24,29)(H,27,30)/t13-,18+/m0/s1. The molecule has 0 saturated carbocycles. The number of nitrogens with zero attached hydrogens (tertiary/aromatic N) is 2. The molecular formula is C23H27N5O5. The molecule has 1 aromatic heterocycles. The van der Waals surface area contributed by atoms with E-state index in [0.717, 1.165) is 36.4 Å². The number of methoxy groups -OCH3 is 1. The minimum atomic E-state index is -0.813. The molecule has 0 bridgehead atoms. The van der Waals surface area contributed by atoms with E-state index in [-0.39, 0.29) is 29.1 Å². The lowest BCUT2D eigenvalue weighted by Crippen LogP contribution is -2.46. The van der Waals surface area contributed by atoms with Crippen molar-refractivity contribution in [2.24, 2.45) is 11.7 Å². The second kappa shape index (κ2) is 9.35. The molecule has 174 valence electrons. The number of rotatable bonds is 4. The molecule has 33 heavy (non-hydrogen) atoms. The second-order valence-electron chi connectivity index (χ2n) is 8.29. The number of likely N-dealkylation sites (tertiary alicyclic amines) is 1. The molecule has 2 atom stereocenters. The van der Waals surface area contributed by atoms with E-state index in [4.69, 9.17) is 15.2 Å². The maximum Gasteiger partial charge on any atom is 0.313 e. The van der Waals surface area contributed by atoms with Gasteiger partial charge in [0.25, 0.3) is 5.91 Å². The van der Waals surface area contributed by atoms with Crippen LogP contribution in [0.2, 0.25) is 0 Å². The van der Waals surface area contributed by atoms with Gasteiger partial charge in [-0.25, -0.2) is 4.98 Å². The highest BCUT2D eigenvalue weighted by Gasteiger charge is 2.35. The van der Waals surface area contributed by atoms with Gasteiger partial charge in [0, 0.05) is 13.1 Å². The van der Waals surface area contributed by atoms with Gasteiger partial charge in [-0.1, -0.05) is 13.0 Å². The van der Waals surface area contributed by atoms with Crippen LogP contribution < -0.4 is 25.8 Å². The zero-order chi connectivity index (χ0) is 23.5. The van der Waals surface area contributed by atoms with E-state index >= 15 is 0 Å². The fraction of sp³-hybridized carbons (Fsp3) is 0.391. The van der Waals surface area contributed by atoms with Crippen LogP contribution in [0.1, 0.15) is 41.7 Å². The van der Waals surface area contributed by atoms with Crippen LogP contribution in [0.4, 0.5) is 11.4 Å². The summed E-state index contributed by atoms with van der Waals surface area (Å²) in [7, 11) is 1.36. The number of fused-ring (bicyclic) bond motifs is 1. The molecule has 10 nitrogen and oxygen atoms in total. The van der Waals surface area contributed by atoms with Crippen molar-refractivity contribution in [2.75, 3.05) is 37.4 Å². The summed E-state index contributed by atoms with van der Waals surface area (Å²) >= 11 is 0. The average Bonchev–Trinajstić information content (AvgIpc) is 2.83. The molecule has 0 unspecified atom stereocenters. The number of benzene rings is 1. The Kier molecular flexibility index (Phi) is 6.34. The summed E-state index contributed by atoms with van der Waals surface area (Å²) in [6, 6.07) is 6.94. The van der Waals surface area contributed by atoms with Crippen molar-refractivity contribution < 1.29 is 23.9 Å². The summed E-state index contributed by atoms with van der Waals surface area (Å²) in [5.74, 6) is -1.17. The SMILES string of the molecule is COc1ncc(NC(=O)C(=O)N2C[C@@H](C)CC[C@@H]2c2ccc3c(c2)OCCN3)cc1C(N)=O. The highest BCUT2D eigenvalue weighted by atomic mass is 16.5. The lowest BCUT2D eigenvalue weighted by molar-refractivity contribution is -0.146. The predicted molar refractivity (Wildman–Crippen MR) is 121 cm³/mol. The number of nitrogens with two attached hydrogens (primary N) is 1. The normalized spacial score (nSPS) is 19.5. The van der Waals surface area contributed by atoms with Crippen molar-refractivity contribution in [2.45, 2.75) is 25.8 Å². The van der Waals surface area contributed by atoms with Crippen molar-refractivity contribution >= 4 is 29.1 Å². The number of nitrogens with one attached hydrogen (secondary N) is 2. The van der Waals surface area contributed by atoms with Gasteiger partial charge < -0.3 is 30.7 Å². The van der Waals surface area contributed by atoms with Crippen LogP contribution >= 0.6 is 0 Å². The zero-order valence-corrected chi connectivity index (χ0v) is 18.6. The highest BCUT2D eigenvalue weighted by Crippen LogP contribution is 2.37. The van der Waals surface area contributed by atoms with Crippen molar-refractivity contribution in [1.82, 2.24) is 9.88 Å². The summed E-state index contributed by atoms with van der Waals surface area (Å²) in [5, 5.41) is 5.81. The van der Waals surface area contributed by atoms with Crippen molar-refractivity contribution in [3.63, 3.8) is 0 Å². The number of primary amides is 1. The number of hydrogen-bond acceptors (Lipinski definition) is 7. The third kappa shape index (κ3) is 4.69. The molecule has 2 aliphatic rings. The molecule has 3 heterocycles. The minimum absolute atomic E-state index is 0.00916. The van der Waals surface area contributed by atoms with Gasteiger partial charge in [-0.05, 0) is 42.5 Å². The summed E-state index contributed by atoms with van der Waals surface area (Å²) in [6.07, 6.45) is 2.99. The molecule has 0 aliphatic carbocycles. The molecule has 2 aromatic rings. The molecule has 3 amide bonds. The van der Waals surface area contributed by atoms with Gasteiger partial charge in [0.1, 0.15) is 17.9 Å². The molecule has 0 radical (unpaired) electrons. The van der Waals surface area contributed by atoms with Crippen molar-refractivity contribution in [3.8, 4) is 11.6 Å². The van der Waals surface area contributed by atoms with E-state index in [0.29, 0.717) is 13.2 Å². The summed E-state index contributed by atoms with van der Waals surface area (Å²) < 4.78 is 10.8. The Labute approximate surface area is 191 Å². The quantitative estimate of drug-likeness (QED) is 0.602. The van der Waals surface area contributed by atoms with Gasteiger partial charge in [0.05, 0.1) is 30.7 Å². The van der Waals surface area contributed by atoms with Crippen LogP contribution in [-0.2, 0) is 9.59 Å². The fourth-order valence-electron chi connectivity index (χ4n) is 4.26. The molecule has 1 saturated heterocycles. The van der Waals surface area contributed by atoms with Gasteiger partial charge in [0.15, 0.2) is 0 Å². The van der Waals surface area contributed by atoms with Gasteiger partial charge in [-0.3, -0.25) is 14.4 Å². The van der Waals surface area contributed by atoms with E-state index in [9.17, 15) is 14.4 Å². The summed E-state index contributed by atoms with van der Waals surface area (Å²) in [4.78, 5) is 43.3. The molecule has 0 spiro atoms. The first-order valence-corrected chi connectivity index (χ1v) is 10.8. The van der Waals surface area contributed by atoms with E-state index < -0.39 is 17.7 Å². The molecule has 4 N–H and O–H groups in total. The van der Waals surface area contributed by atoms with Crippen LogP contribution in [0.5, 0.6) is 11.6 Å². The van der Waals surface area contributed by atoms with Gasteiger partial charge >= 0.3 is 11.8 Å². The third-order valence-corrected chi connectivity index (χ3v) is 5.91. The Morgan fingerprint density at radius 3 is 2.85 bits per heavy atom. The Morgan fingerprint density at radius 1 is 1.27 bits per heavy atom. The molecule has 1 fully saturated rings. The van der Waals surface area contributed by atoms with Gasteiger partial charge in [-0.2, -0.15) is 0 Å². The first-order valence-electron chi connectivity index (χ1n) is 10.8. The van der Waals surface area contributed by atoms with Crippen LogP contribution in [0.25, 0.3) is 0 Å². The predicted octanol–water partition coefficient (Wildman–Crippen LogP) is 1.93. The Morgan fingerprint density at radius 2 is 2.09 bits per heavy atom. The molecule has 10 heteroatoms. The van der Waals surface area contributed by atoms with Crippen LogP contribution in [0, 0.1) is 5.92 Å². The number of carbonyl (C=O) groups is 3. The molecule has 4 rings (SSSR count). The Bertz CT molecular complexity index is 1090. The van der Waals surface area contributed by atoms with Crippen molar-refractivity contribution in [3.05, 3.63) is 41.6 Å². The fourth-order valence-corrected chi connectivity index (χ4v) is 4.26. The lowest BCUT2D eigenvalue weighted by atomic mass is 9.89. The van der Waals surface area contributed by atoms with Crippen LogP contribution in [0.3, 0.4) is 0 Å². The summed E-state index contributed by atoms with van der Waals surface area (Å²) in [6.45, 7) is 3.84. The average molecular weight is 453 g/mol. The lowest BCUT2D eigenvalue weighted by Gasteiger charge is -2.39. The molecular weight excluding hydrogens is 426 g/mol. The van der Waals surface area contributed by atoms with Crippen LogP contribution in [-0.4, -0.2) is 54.4 Å². The van der Waals surface area contributed by atoms with Crippen molar-refractivity contribution in [1.29, 1.82) is 0 Å². The Balaban J connectivity index is 1.55. The number of ether oxygens (including phenoxy) is 2. The minimum Gasteiger partial charge on any atom is -0.490 e. The maximum absolute atomic E-state index is 13.2. The third-order valence-electron chi connectivity index (χ3n) is 5.91. The zero-order valence-electron chi connectivity index (χ0n) is 18.6. The topological polar surface area (TPSA) is 136 Å². The maximum atomic E-state index is 13.2.